The number of benzene rings is 3. The van der Waals surface area contributed by atoms with E-state index in [1.54, 1.807) is 48.5 Å². The van der Waals surface area contributed by atoms with Crippen molar-refractivity contribution in [1.29, 1.82) is 5.26 Å². The number of carbonyl (C=O) groups excluding carboxylic acids is 2. The molecule has 30 heavy (non-hydrogen) atoms. The van der Waals surface area contributed by atoms with E-state index in [1.165, 1.54) is 6.21 Å². The Hall–Kier alpha value is -3.75. The van der Waals surface area contributed by atoms with E-state index in [4.69, 9.17) is 11.6 Å². The number of imide groups is 1. The van der Waals surface area contributed by atoms with Gasteiger partial charge in [0, 0.05) is 16.8 Å². The highest BCUT2D eigenvalue weighted by molar-refractivity contribution is 6.32. The molecule has 1 heterocycles. The second-order valence-corrected chi connectivity index (χ2v) is 7.20. The maximum Gasteiger partial charge on any atom is 0.265 e. The molecule has 0 N–H and O–H groups in total. The van der Waals surface area contributed by atoms with Crippen LogP contribution in [0.1, 0.15) is 33.4 Å². The maximum absolute atomic E-state index is 13.3. The SMILES string of the molecule is N#C[C@H](N=CC1C(=O)N(c2cccc(Cl)c2)C(=O)c2ccccc21)c1ccccc1. The van der Waals surface area contributed by atoms with Crippen molar-refractivity contribution in [3.63, 3.8) is 0 Å². The molecule has 4 rings (SSSR count). The highest BCUT2D eigenvalue weighted by Gasteiger charge is 2.38. The van der Waals surface area contributed by atoms with E-state index in [-0.39, 0.29) is 0 Å². The lowest BCUT2D eigenvalue weighted by atomic mass is 9.88. The Labute approximate surface area is 178 Å². The van der Waals surface area contributed by atoms with Gasteiger partial charge < -0.3 is 0 Å². The van der Waals surface area contributed by atoms with E-state index < -0.39 is 23.8 Å². The van der Waals surface area contributed by atoms with Crippen molar-refractivity contribution in [3.8, 4) is 6.07 Å². The van der Waals surface area contributed by atoms with Gasteiger partial charge in [0.2, 0.25) is 5.91 Å². The van der Waals surface area contributed by atoms with Crippen molar-refractivity contribution in [2.24, 2.45) is 4.99 Å². The molecule has 0 radical (unpaired) electrons. The minimum Gasteiger partial charge on any atom is -0.273 e. The van der Waals surface area contributed by atoms with Gasteiger partial charge in [-0.3, -0.25) is 14.6 Å². The summed E-state index contributed by atoms with van der Waals surface area (Å²) in [6.45, 7) is 0. The lowest BCUT2D eigenvalue weighted by Crippen LogP contribution is -2.45. The molecule has 6 heteroatoms. The monoisotopic (exact) mass is 413 g/mol. The molecule has 5 nitrogen and oxygen atoms in total. The Morgan fingerprint density at radius 1 is 1.00 bits per heavy atom. The summed E-state index contributed by atoms with van der Waals surface area (Å²) in [5.41, 5.74) is 2.11. The zero-order valence-electron chi connectivity index (χ0n) is 15.8. The first-order chi connectivity index (χ1) is 14.6. The van der Waals surface area contributed by atoms with Crippen LogP contribution in [0.3, 0.4) is 0 Å². The van der Waals surface area contributed by atoms with E-state index >= 15 is 0 Å². The third-order valence-corrected chi connectivity index (χ3v) is 5.14. The van der Waals surface area contributed by atoms with Crippen LogP contribution < -0.4 is 4.90 Å². The first-order valence-corrected chi connectivity index (χ1v) is 9.68. The Kier molecular flexibility index (Phi) is 5.42. The van der Waals surface area contributed by atoms with Gasteiger partial charge in [-0.2, -0.15) is 5.26 Å². The maximum atomic E-state index is 13.3. The topological polar surface area (TPSA) is 73.5 Å². The van der Waals surface area contributed by atoms with E-state index in [9.17, 15) is 14.9 Å². The first kappa shape index (κ1) is 19.6. The molecule has 0 aliphatic carbocycles. The molecule has 146 valence electrons. The smallest absolute Gasteiger partial charge is 0.265 e. The van der Waals surface area contributed by atoms with Crippen LogP contribution in [-0.2, 0) is 4.79 Å². The Balaban J connectivity index is 1.76. The number of nitrogens with zero attached hydrogens (tertiary/aromatic N) is 3. The number of nitriles is 1. The van der Waals surface area contributed by atoms with Crippen molar-refractivity contribution in [1.82, 2.24) is 0 Å². The van der Waals surface area contributed by atoms with Gasteiger partial charge in [0.1, 0.15) is 0 Å². The molecular formula is C24H16ClN3O2. The summed E-state index contributed by atoms with van der Waals surface area (Å²) in [5, 5.41) is 9.97. The number of anilines is 1. The highest BCUT2D eigenvalue weighted by atomic mass is 35.5. The summed E-state index contributed by atoms with van der Waals surface area (Å²) in [6.07, 6.45) is 1.46. The lowest BCUT2D eigenvalue weighted by molar-refractivity contribution is -0.118. The third-order valence-electron chi connectivity index (χ3n) is 4.90. The third kappa shape index (κ3) is 3.61. The van der Waals surface area contributed by atoms with Gasteiger partial charge in [-0.05, 0) is 35.4 Å². The fourth-order valence-corrected chi connectivity index (χ4v) is 3.65. The number of halogens is 1. The van der Waals surface area contributed by atoms with Crippen LogP contribution in [0.5, 0.6) is 0 Å². The lowest BCUT2D eigenvalue weighted by Gasteiger charge is -2.31. The number of carbonyl (C=O) groups is 2. The molecule has 0 fully saturated rings. The standard InChI is InChI=1S/C24H16ClN3O2/c25-17-9-6-10-18(13-17)28-23(29)20-12-5-4-11-19(20)21(24(28)30)15-27-22(14-26)16-7-2-1-3-8-16/h1-13,15,21-22H/t21?,22-/m0/s1. The minimum absolute atomic E-state index is 0.394. The number of amides is 2. The van der Waals surface area contributed by atoms with Crippen molar-refractivity contribution in [2.75, 3.05) is 4.90 Å². The molecule has 1 aliphatic heterocycles. The molecule has 1 unspecified atom stereocenters. The van der Waals surface area contributed by atoms with Crippen LogP contribution in [-0.4, -0.2) is 18.0 Å². The number of hydrogen-bond donors (Lipinski definition) is 0. The normalized spacial score (nSPS) is 16.9. The van der Waals surface area contributed by atoms with Crippen LogP contribution in [0.15, 0.2) is 83.9 Å². The molecule has 2 amide bonds. The molecule has 0 saturated heterocycles. The molecule has 0 spiro atoms. The molecule has 2 atom stereocenters. The van der Waals surface area contributed by atoms with Gasteiger partial charge in [-0.1, -0.05) is 66.2 Å². The zero-order chi connectivity index (χ0) is 21.1. The number of aliphatic imine (C=N–C) groups is 1. The van der Waals surface area contributed by atoms with Gasteiger partial charge in [0.05, 0.1) is 17.7 Å². The van der Waals surface area contributed by atoms with E-state index in [1.807, 2.05) is 30.3 Å². The molecule has 0 bridgehead atoms. The van der Waals surface area contributed by atoms with Crippen molar-refractivity contribution in [2.45, 2.75) is 12.0 Å². The van der Waals surface area contributed by atoms with Gasteiger partial charge in [0.15, 0.2) is 6.04 Å². The first-order valence-electron chi connectivity index (χ1n) is 9.31. The molecule has 1 aliphatic rings. The summed E-state index contributed by atoms with van der Waals surface area (Å²) in [7, 11) is 0. The summed E-state index contributed by atoms with van der Waals surface area (Å²) in [6, 6.07) is 24.1. The van der Waals surface area contributed by atoms with E-state index in [0.29, 0.717) is 21.8 Å². The average molecular weight is 414 g/mol. The quantitative estimate of drug-likeness (QED) is 0.449. The van der Waals surface area contributed by atoms with Gasteiger partial charge in [-0.25, -0.2) is 4.90 Å². The van der Waals surface area contributed by atoms with Crippen molar-refractivity contribution >= 4 is 35.3 Å². The average Bonchev–Trinajstić information content (AvgIpc) is 2.77. The fraction of sp³-hybridized carbons (Fsp3) is 0.0833. The van der Waals surface area contributed by atoms with Crippen LogP contribution in [0.25, 0.3) is 0 Å². The number of fused-ring (bicyclic) bond motifs is 1. The number of hydrogen-bond acceptors (Lipinski definition) is 4. The summed E-state index contributed by atoms with van der Waals surface area (Å²) >= 11 is 6.07. The van der Waals surface area contributed by atoms with Crippen LogP contribution in [0.4, 0.5) is 5.69 Å². The Morgan fingerprint density at radius 3 is 2.47 bits per heavy atom. The second kappa shape index (κ2) is 8.32. The summed E-state index contributed by atoms with van der Waals surface area (Å²) in [4.78, 5) is 31.9. The Morgan fingerprint density at radius 2 is 1.73 bits per heavy atom. The number of rotatable bonds is 4. The van der Waals surface area contributed by atoms with Gasteiger partial charge in [0.25, 0.3) is 5.91 Å². The molecular weight excluding hydrogens is 398 g/mol. The zero-order valence-corrected chi connectivity index (χ0v) is 16.5. The fourth-order valence-electron chi connectivity index (χ4n) is 3.46. The molecule has 0 saturated carbocycles. The predicted molar refractivity (Wildman–Crippen MR) is 116 cm³/mol. The molecule has 3 aromatic carbocycles. The predicted octanol–water partition coefficient (Wildman–Crippen LogP) is 4.95. The summed E-state index contributed by atoms with van der Waals surface area (Å²) in [5.74, 6) is -1.64. The van der Waals surface area contributed by atoms with Crippen molar-refractivity contribution < 1.29 is 9.59 Å². The highest BCUT2D eigenvalue weighted by Crippen LogP contribution is 2.33. The van der Waals surface area contributed by atoms with Crippen LogP contribution in [0, 0.1) is 11.3 Å². The van der Waals surface area contributed by atoms with Gasteiger partial charge in [-0.15, -0.1) is 0 Å². The molecule has 3 aromatic rings. The second-order valence-electron chi connectivity index (χ2n) is 6.76. The molecule has 0 aromatic heterocycles. The van der Waals surface area contributed by atoms with E-state index in [0.717, 1.165) is 10.5 Å². The van der Waals surface area contributed by atoms with Crippen molar-refractivity contribution in [3.05, 3.63) is 101 Å². The largest absolute Gasteiger partial charge is 0.273 e. The van der Waals surface area contributed by atoms with Crippen LogP contribution in [0.2, 0.25) is 5.02 Å². The van der Waals surface area contributed by atoms with Crippen LogP contribution >= 0.6 is 11.6 Å². The Bertz CT molecular complexity index is 1180. The minimum atomic E-state index is -0.794. The summed E-state index contributed by atoms with van der Waals surface area (Å²) < 4.78 is 0. The van der Waals surface area contributed by atoms with E-state index in [2.05, 4.69) is 11.1 Å². The van der Waals surface area contributed by atoms with Gasteiger partial charge >= 0.3 is 0 Å².